The van der Waals surface area contributed by atoms with Gasteiger partial charge in [-0.3, -0.25) is 4.90 Å². The lowest BCUT2D eigenvalue weighted by Gasteiger charge is -2.21. The second-order valence-electron chi connectivity index (χ2n) is 5.50. The summed E-state index contributed by atoms with van der Waals surface area (Å²) in [5.41, 5.74) is 2.65. The topological polar surface area (TPSA) is 52.9 Å². The van der Waals surface area contributed by atoms with Gasteiger partial charge >= 0.3 is 6.03 Å². The van der Waals surface area contributed by atoms with E-state index in [2.05, 4.69) is 25.8 Å². The Labute approximate surface area is 107 Å². The van der Waals surface area contributed by atoms with Crippen LogP contribution in [0.15, 0.2) is 29.3 Å². The van der Waals surface area contributed by atoms with Gasteiger partial charge in [-0.15, -0.1) is 0 Å². The minimum atomic E-state index is -0.303. The van der Waals surface area contributed by atoms with Crippen LogP contribution in [0.2, 0.25) is 0 Å². The van der Waals surface area contributed by atoms with Gasteiger partial charge in [0.2, 0.25) is 0 Å². The standard InChI is InChI=1S/C14H18N2O2/c1-14(2,3)10-4-6-12(7-5-10)16-8-11(9-17)15-13(16)18/h4-7,17H,8-9H2,1-3H3. The summed E-state index contributed by atoms with van der Waals surface area (Å²) in [5, 5.41) is 8.99. The van der Waals surface area contributed by atoms with Crippen molar-refractivity contribution in [1.82, 2.24) is 0 Å². The summed E-state index contributed by atoms with van der Waals surface area (Å²) < 4.78 is 0. The van der Waals surface area contributed by atoms with Crippen molar-refractivity contribution in [2.75, 3.05) is 18.1 Å². The first kappa shape index (κ1) is 12.8. The number of carbonyl (C=O) groups excluding carboxylic acids is 1. The second kappa shape index (κ2) is 4.53. The van der Waals surface area contributed by atoms with Crippen LogP contribution in [-0.2, 0) is 5.41 Å². The third kappa shape index (κ3) is 2.43. The van der Waals surface area contributed by atoms with Gasteiger partial charge in [-0.1, -0.05) is 32.9 Å². The zero-order valence-corrected chi connectivity index (χ0v) is 11.0. The highest BCUT2D eigenvalue weighted by atomic mass is 16.3. The van der Waals surface area contributed by atoms with Crippen molar-refractivity contribution in [1.29, 1.82) is 0 Å². The summed E-state index contributed by atoms with van der Waals surface area (Å²) in [6, 6.07) is 7.60. The van der Waals surface area contributed by atoms with Gasteiger partial charge in [-0.05, 0) is 23.1 Å². The van der Waals surface area contributed by atoms with Gasteiger partial charge in [0.05, 0.1) is 18.9 Å². The number of anilines is 1. The van der Waals surface area contributed by atoms with Crippen LogP contribution in [0.25, 0.3) is 0 Å². The van der Waals surface area contributed by atoms with Crippen molar-refractivity contribution in [3.05, 3.63) is 29.8 Å². The Balaban J connectivity index is 2.20. The highest BCUT2D eigenvalue weighted by Crippen LogP contribution is 2.26. The van der Waals surface area contributed by atoms with E-state index in [4.69, 9.17) is 5.11 Å². The molecule has 0 unspecified atom stereocenters. The van der Waals surface area contributed by atoms with Crippen LogP contribution in [0.5, 0.6) is 0 Å². The number of urea groups is 1. The summed E-state index contributed by atoms with van der Waals surface area (Å²) in [7, 11) is 0. The average Bonchev–Trinajstić information content (AvgIpc) is 2.70. The molecule has 2 amide bonds. The molecule has 0 atom stereocenters. The summed E-state index contributed by atoms with van der Waals surface area (Å²) in [6.45, 7) is 6.66. The monoisotopic (exact) mass is 246 g/mol. The van der Waals surface area contributed by atoms with E-state index in [1.165, 1.54) is 5.56 Å². The van der Waals surface area contributed by atoms with E-state index in [0.29, 0.717) is 12.3 Å². The zero-order chi connectivity index (χ0) is 13.3. The van der Waals surface area contributed by atoms with Gasteiger partial charge in [-0.25, -0.2) is 4.79 Å². The maximum absolute atomic E-state index is 11.7. The third-order valence-electron chi connectivity index (χ3n) is 3.05. The normalized spacial score (nSPS) is 16.1. The molecular weight excluding hydrogens is 228 g/mol. The molecule has 0 radical (unpaired) electrons. The van der Waals surface area contributed by atoms with E-state index in [9.17, 15) is 4.79 Å². The third-order valence-corrected chi connectivity index (χ3v) is 3.05. The molecule has 0 spiro atoms. The zero-order valence-electron chi connectivity index (χ0n) is 11.0. The molecule has 0 saturated carbocycles. The number of amides is 2. The van der Waals surface area contributed by atoms with Gasteiger partial charge in [-0.2, -0.15) is 4.99 Å². The van der Waals surface area contributed by atoms with E-state index in [0.717, 1.165) is 5.69 Å². The maximum atomic E-state index is 11.7. The van der Waals surface area contributed by atoms with Crippen LogP contribution in [0.1, 0.15) is 26.3 Å². The fourth-order valence-corrected chi connectivity index (χ4v) is 1.91. The predicted octanol–water partition coefficient (Wildman–Crippen LogP) is 2.36. The van der Waals surface area contributed by atoms with Gasteiger partial charge in [0, 0.05) is 5.69 Å². The van der Waals surface area contributed by atoms with Crippen molar-refractivity contribution in [2.24, 2.45) is 4.99 Å². The number of aliphatic hydroxyl groups excluding tert-OH is 1. The second-order valence-corrected chi connectivity index (χ2v) is 5.50. The van der Waals surface area contributed by atoms with E-state index in [1.807, 2.05) is 24.3 Å². The van der Waals surface area contributed by atoms with E-state index in [1.54, 1.807) is 4.90 Å². The molecule has 4 heteroatoms. The molecule has 1 aliphatic rings. The fourth-order valence-electron chi connectivity index (χ4n) is 1.91. The number of hydrogen-bond donors (Lipinski definition) is 1. The van der Waals surface area contributed by atoms with Crippen molar-refractivity contribution < 1.29 is 9.90 Å². The number of carbonyl (C=O) groups is 1. The average molecular weight is 246 g/mol. The Hall–Kier alpha value is -1.68. The van der Waals surface area contributed by atoms with Gasteiger partial charge in [0.1, 0.15) is 0 Å². The SMILES string of the molecule is CC(C)(C)c1ccc(N2CC(CO)=NC2=O)cc1. The first-order chi connectivity index (χ1) is 8.41. The minimum Gasteiger partial charge on any atom is -0.390 e. The summed E-state index contributed by atoms with van der Waals surface area (Å²) in [4.78, 5) is 17.0. The molecule has 0 aliphatic carbocycles. The molecule has 1 heterocycles. The lowest BCUT2D eigenvalue weighted by atomic mass is 9.87. The van der Waals surface area contributed by atoms with Gasteiger partial charge in [0.15, 0.2) is 0 Å². The number of rotatable bonds is 2. The van der Waals surface area contributed by atoms with Crippen LogP contribution < -0.4 is 4.90 Å². The molecule has 0 saturated heterocycles. The Morgan fingerprint density at radius 2 is 1.89 bits per heavy atom. The quantitative estimate of drug-likeness (QED) is 0.871. The Morgan fingerprint density at radius 3 is 2.33 bits per heavy atom. The maximum Gasteiger partial charge on any atom is 0.348 e. The molecular formula is C14H18N2O2. The number of nitrogens with zero attached hydrogens (tertiary/aromatic N) is 2. The van der Waals surface area contributed by atoms with Crippen LogP contribution >= 0.6 is 0 Å². The van der Waals surface area contributed by atoms with Crippen LogP contribution in [-0.4, -0.2) is 30.0 Å². The molecule has 1 aliphatic heterocycles. The predicted molar refractivity (Wildman–Crippen MR) is 72.4 cm³/mol. The number of benzene rings is 1. The minimum absolute atomic E-state index is 0.0975. The van der Waals surface area contributed by atoms with Crippen LogP contribution in [0, 0.1) is 0 Å². The first-order valence-corrected chi connectivity index (χ1v) is 6.01. The van der Waals surface area contributed by atoms with Crippen LogP contribution in [0.3, 0.4) is 0 Å². The number of aliphatic hydroxyl groups is 1. The molecule has 0 aromatic heterocycles. The molecule has 1 aromatic rings. The number of aliphatic imine (C=N–C) groups is 1. The Kier molecular flexibility index (Phi) is 3.22. The van der Waals surface area contributed by atoms with E-state index in [-0.39, 0.29) is 18.1 Å². The summed E-state index contributed by atoms with van der Waals surface area (Å²) in [5.74, 6) is 0. The lowest BCUT2D eigenvalue weighted by Crippen LogP contribution is -2.26. The molecule has 1 aromatic carbocycles. The molecule has 18 heavy (non-hydrogen) atoms. The molecule has 96 valence electrons. The van der Waals surface area contributed by atoms with E-state index >= 15 is 0 Å². The molecule has 0 bridgehead atoms. The van der Waals surface area contributed by atoms with Crippen LogP contribution in [0.4, 0.5) is 10.5 Å². The fraction of sp³-hybridized carbons (Fsp3) is 0.429. The molecule has 0 fully saturated rings. The summed E-state index contributed by atoms with van der Waals surface area (Å²) in [6.07, 6.45) is 0. The summed E-state index contributed by atoms with van der Waals surface area (Å²) >= 11 is 0. The van der Waals surface area contributed by atoms with Crippen molar-refractivity contribution in [2.45, 2.75) is 26.2 Å². The van der Waals surface area contributed by atoms with Crippen molar-refractivity contribution in [3.63, 3.8) is 0 Å². The molecule has 1 N–H and O–H groups in total. The highest BCUT2D eigenvalue weighted by molar-refractivity contribution is 6.12. The van der Waals surface area contributed by atoms with Crippen molar-refractivity contribution in [3.8, 4) is 0 Å². The highest BCUT2D eigenvalue weighted by Gasteiger charge is 2.24. The molecule has 2 rings (SSSR count). The van der Waals surface area contributed by atoms with Gasteiger partial charge < -0.3 is 5.11 Å². The Bertz CT molecular complexity index is 484. The number of hydrogen-bond acceptors (Lipinski definition) is 2. The molecule has 4 nitrogen and oxygen atoms in total. The lowest BCUT2D eigenvalue weighted by molar-refractivity contribution is 0.256. The smallest absolute Gasteiger partial charge is 0.348 e. The Morgan fingerprint density at radius 1 is 1.28 bits per heavy atom. The van der Waals surface area contributed by atoms with E-state index < -0.39 is 0 Å². The van der Waals surface area contributed by atoms with Gasteiger partial charge in [0.25, 0.3) is 0 Å². The largest absolute Gasteiger partial charge is 0.390 e. The first-order valence-electron chi connectivity index (χ1n) is 6.01. The van der Waals surface area contributed by atoms with Crippen molar-refractivity contribution >= 4 is 17.4 Å².